The van der Waals surface area contributed by atoms with Crippen LogP contribution in [0.3, 0.4) is 0 Å². The number of piperazine rings is 1. The molecule has 0 unspecified atom stereocenters. The van der Waals surface area contributed by atoms with Gasteiger partial charge in [0.05, 0.1) is 33.7 Å². The second-order valence-electron chi connectivity index (χ2n) is 19.2. The van der Waals surface area contributed by atoms with Crippen molar-refractivity contribution in [3.05, 3.63) is 117 Å². The van der Waals surface area contributed by atoms with Crippen LogP contribution in [0.15, 0.2) is 89.6 Å². The average Bonchev–Trinajstić information content (AvgIpc) is 3.78. The van der Waals surface area contributed by atoms with Crippen LogP contribution in [0.25, 0.3) is 16.6 Å². The number of benzene rings is 3. The number of aromatic amines is 1. The maximum atomic E-state index is 14.1. The largest absolute Gasteiger partial charge is 0.493 e. The number of sulfonamides is 1. The number of likely N-dealkylation sites (tertiary alicyclic amines) is 1. The van der Waals surface area contributed by atoms with E-state index in [-0.39, 0.29) is 46.6 Å². The van der Waals surface area contributed by atoms with Crippen LogP contribution in [-0.2, 0) is 21.2 Å². The highest BCUT2D eigenvalue weighted by molar-refractivity contribution is 7.90. The number of H-pyrrole nitrogens is 1. The highest BCUT2D eigenvalue weighted by Gasteiger charge is 2.35. The molecule has 15 nitrogen and oxygen atoms in total. The van der Waals surface area contributed by atoms with Crippen molar-refractivity contribution in [3.8, 4) is 17.2 Å². The van der Waals surface area contributed by atoms with Crippen LogP contribution in [-0.4, -0.2) is 97.3 Å². The van der Waals surface area contributed by atoms with Crippen molar-refractivity contribution >= 4 is 61.4 Å². The van der Waals surface area contributed by atoms with Crippen LogP contribution in [0.1, 0.15) is 80.8 Å². The number of nitro benzene ring substituents is 1. The summed E-state index contributed by atoms with van der Waals surface area (Å²) in [6.07, 6.45) is 9.27. The minimum Gasteiger partial charge on any atom is -0.493 e. The van der Waals surface area contributed by atoms with E-state index >= 15 is 0 Å². The number of fused-ring (bicyclic) bond motifs is 2. The summed E-state index contributed by atoms with van der Waals surface area (Å²) >= 11 is 6.25. The molecule has 0 radical (unpaired) electrons. The molecule has 17 heteroatoms. The van der Waals surface area contributed by atoms with E-state index in [0.717, 1.165) is 80.3 Å². The lowest BCUT2D eigenvalue weighted by molar-refractivity contribution is -0.386. The fourth-order valence-electron chi connectivity index (χ4n) is 10.1. The first kappa shape index (κ1) is 46.2. The van der Waals surface area contributed by atoms with Gasteiger partial charge in [-0.3, -0.25) is 24.6 Å². The molecule has 3 aromatic carbocycles. The minimum atomic E-state index is -4.65. The van der Waals surface area contributed by atoms with Crippen LogP contribution in [0, 0.1) is 27.4 Å². The zero-order valence-electron chi connectivity index (χ0n) is 38.1. The Morgan fingerprint density at radius 3 is 2.49 bits per heavy atom. The Balaban J connectivity index is 0.922. The predicted molar refractivity (Wildman–Crippen MR) is 257 cm³/mol. The number of nitrogens with zero attached hydrogens (tertiary/aromatic N) is 5. The number of anilines is 1. The van der Waals surface area contributed by atoms with E-state index < -0.39 is 25.7 Å². The summed E-state index contributed by atoms with van der Waals surface area (Å²) in [6, 6.07) is 19.1. The Morgan fingerprint density at radius 1 is 1.00 bits per heavy atom. The van der Waals surface area contributed by atoms with Crippen molar-refractivity contribution in [1.82, 2.24) is 24.5 Å². The highest BCUT2D eigenvalue weighted by Crippen LogP contribution is 2.44. The maximum Gasteiger partial charge on any atom is 0.277 e. The lowest BCUT2D eigenvalue weighted by atomic mass is 9.72. The molecule has 67 heavy (non-hydrogen) atoms. The first-order valence-electron chi connectivity index (χ1n) is 23.0. The lowest BCUT2D eigenvalue weighted by Crippen LogP contribution is -2.47. The number of rotatable bonds is 12. The van der Waals surface area contributed by atoms with Gasteiger partial charge in [-0.1, -0.05) is 43.2 Å². The second-order valence-corrected chi connectivity index (χ2v) is 21.4. The van der Waals surface area contributed by atoms with E-state index in [1.165, 1.54) is 29.0 Å². The molecule has 0 saturated carbocycles. The van der Waals surface area contributed by atoms with Crippen molar-refractivity contribution in [2.45, 2.75) is 70.6 Å². The molecule has 5 heterocycles. The van der Waals surface area contributed by atoms with Crippen molar-refractivity contribution in [1.29, 1.82) is 0 Å². The number of nitro groups is 1. The van der Waals surface area contributed by atoms with Gasteiger partial charge in [0.25, 0.3) is 21.6 Å². The SMILES string of the molecule is CC(=O)N1CCC(C[C@H]2COc3cc(S(=O)(=O)NC(=O)c4ccc(N5CCN(CC6=C(c7ccc(Cl)cc7)CC(C)(C)CC6)CC5)cc4Oc4cnc5[nH]ccc5c4)cc([N+](=O)[O-])c3C2)CC1. The van der Waals surface area contributed by atoms with E-state index in [2.05, 4.69) is 50.5 Å². The van der Waals surface area contributed by atoms with Gasteiger partial charge >= 0.3 is 0 Å². The standard InChI is InChI=1S/C50H56ClN7O8S/c1-32(59)56-16-12-33(13-17-56)22-34-23-43-45(58(61)62)26-41(27-46(43)65-31-34)67(63,64)54-49(60)42-9-8-39(25-47(42)66-40-24-36-11-15-52-48(36)53-29-40)57-20-18-55(19-21-57)30-37-10-14-50(2,3)28-44(37)35-4-6-38(51)7-5-35/h4-9,11,15,24-27,29,33-34H,10,12-14,16-23,28,30-31H2,1-3H3,(H,52,53)(H,54,60)/t34-/m1/s1. The van der Waals surface area contributed by atoms with Gasteiger partial charge in [-0.25, -0.2) is 18.1 Å². The fraction of sp³-hybridized carbons (Fsp3) is 0.420. The van der Waals surface area contributed by atoms with Gasteiger partial charge in [-0.15, -0.1) is 0 Å². The summed E-state index contributed by atoms with van der Waals surface area (Å²) in [7, 11) is -4.65. The molecule has 4 aliphatic rings. The van der Waals surface area contributed by atoms with Gasteiger partial charge in [-0.05, 0) is 110 Å². The Bertz CT molecular complexity index is 2850. The number of piperidine rings is 1. The normalized spacial score (nSPS) is 19.2. The number of hydrogen-bond acceptors (Lipinski definition) is 11. The molecule has 0 spiro atoms. The molecule has 3 aliphatic heterocycles. The quantitative estimate of drug-likeness (QED) is 0.0900. The fourth-order valence-corrected chi connectivity index (χ4v) is 11.3. The number of amides is 2. The Kier molecular flexibility index (Phi) is 13.1. The molecule has 0 bridgehead atoms. The number of nitrogens with one attached hydrogen (secondary N) is 2. The third-order valence-corrected chi connectivity index (χ3v) is 15.5. The van der Waals surface area contributed by atoms with Gasteiger partial charge in [0.1, 0.15) is 22.9 Å². The molecule has 1 atom stereocenters. The van der Waals surface area contributed by atoms with Gasteiger partial charge in [0, 0.05) is 93.2 Å². The van der Waals surface area contributed by atoms with Crippen molar-refractivity contribution in [2.75, 3.05) is 57.3 Å². The highest BCUT2D eigenvalue weighted by atomic mass is 35.5. The smallest absolute Gasteiger partial charge is 0.277 e. The molecule has 2 aromatic heterocycles. The van der Waals surface area contributed by atoms with Crippen LogP contribution in [0.4, 0.5) is 11.4 Å². The molecular formula is C50H56ClN7O8S. The summed E-state index contributed by atoms with van der Waals surface area (Å²) in [5.74, 6) is -0.0239. The Hall–Kier alpha value is -5.97. The zero-order valence-corrected chi connectivity index (χ0v) is 39.6. The third kappa shape index (κ3) is 10.5. The van der Waals surface area contributed by atoms with Gasteiger partial charge in [-0.2, -0.15) is 0 Å². The molecule has 352 valence electrons. The van der Waals surface area contributed by atoms with E-state index in [4.69, 9.17) is 21.1 Å². The van der Waals surface area contributed by atoms with Gasteiger partial charge < -0.3 is 24.3 Å². The predicted octanol–water partition coefficient (Wildman–Crippen LogP) is 9.02. The Morgan fingerprint density at radius 2 is 1.76 bits per heavy atom. The van der Waals surface area contributed by atoms with E-state index in [1.807, 2.05) is 23.1 Å². The number of carbonyl (C=O) groups excluding carboxylic acids is 2. The third-order valence-electron chi connectivity index (χ3n) is 13.9. The number of allylic oxidation sites excluding steroid dienone is 1. The first-order chi connectivity index (χ1) is 32.1. The second kappa shape index (κ2) is 19.0. The summed E-state index contributed by atoms with van der Waals surface area (Å²) in [5.41, 5.74) is 5.65. The summed E-state index contributed by atoms with van der Waals surface area (Å²) in [5, 5.41) is 13.9. The summed E-state index contributed by atoms with van der Waals surface area (Å²) in [4.78, 5) is 51.3. The molecule has 2 saturated heterocycles. The van der Waals surface area contributed by atoms with Crippen molar-refractivity contribution < 1.29 is 32.4 Å². The average molecular weight is 951 g/mol. The molecule has 2 N–H and O–H groups in total. The monoisotopic (exact) mass is 949 g/mol. The molecule has 2 fully saturated rings. The van der Waals surface area contributed by atoms with E-state index in [9.17, 15) is 28.1 Å². The number of halogens is 1. The summed E-state index contributed by atoms with van der Waals surface area (Å²) in [6.45, 7) is 11.8. The zero-order chi connectivity index (χ0) is 47.0. The maximum absolute atomic E-state index is 14.1. The number of pyridine rings is 1. The summed E-state index contributed by atoms with van der Waals surface area (Å²) < 4.78 is 42.5. The van der Waals surface area contributed by atoms with Crippen molar-refractivity contribution in [3.63, 3.8) is 0 Å². The van der Waals surface area contributed by atoms with Gasteiger partial charge in [0.15, 0.2) is 0 Å². The molecule has 5 aromatic rings. The van der Waals surface area contributed by atoms with E-state index in [1.54, 1.807) is 37.4 Å². The molecular weight excluding hydrogens is 894 g/mol. The van der Waals surface area contributed by atoms with Gasteiger partial charge in [0.2, 0.25) is 5.91 Å². The number of aromatic nitrogens is 2. The first-order valence-corrected chi connectivity index (χ1v) is 24.9. The van der Waals surface area contributed by atoms with Crippen LogP contribution in [0.2, 0.25) is 5.02 Å². The van der Waals surface area contributed by atoms with Crippen LogP contribution < -0.4 is 19.1 Å². The molecule has 9 rings (SSSR count). The van der Waals surface area contributed by atoms with Crippen LogP contribution >= 0.6 is 11.6 Å². The van der Waals surface area contributed by atoms with Crippen molar-refractivity contribution in [2.24, 2.45) is 17.3 Å². The molecule has 1 aliphatic carbocycles. The topological polar surface area (TPSA) is 180 Å². The lowest BCUT2D eigenvalue weighted by Gasteiger charge is -2.39. The van der Waals surface area contributed by atoms with E-state index in [0.29, 0.717) is 55.5 Å². The number of hydrogen-bond donors (Lipinski definition) is 2. The number of carbonyl (C=O) groups is 2. The van der Waals surface area contributed by atoms with Crippen LogP contribution in [0.5, 0.6) is 17.2 Å². The molecule has 2 amide bonds. The number of ether oxygens (including phenoxy) is 2. The Labute approximate surface area is 395 Å². The minimum absolute atomic E-state index is 0.0124.